The number of hydrogen-bond donors (Lipinski definition) is 7. The van der Waals surface area contributed by atoms with Crippen molar-refractivity contribution in [2.75, 3.05) is 12.0 Å². The molecular weight excluding hydrogens is 456 g/mol. The van der Waals surface area contributed by atoms with E-state index in [0.29, 0.717) is 5.75 Å². The van der Waals surface area contributed by atoms with E-state index in [1.54, 1.807) is 20.1 Å². The van der Waals surface area contributed by atoms with Crippen molar-refractivity contribution < 1.29 is 33.9 Å². The summed E-state index contributed by atoms with van der Waals surface area (Å²) >= 11 is 1.43. The number of primary amides is 2. The van der Waals surface area contributed by atoms with Crippen molar-refractivity contribution in [1.82, 2.24) is 16.0 Å². The quantitative estimate of drug-likeness (QED) is 0.120. The fourth-order valence-corrected chi connectivity index (χ4v) is 3.05. The SMILES string of the molecule is CSCCC(NC(=O)C(N)C(C)C)C(=O)NC(CC(N)=O)C(=O)NC(CCC(N)=O)C(=O)O. The molecule has 10 N–H and O–H groups in total. The number of carbonyl (C=O) groups excluding carboxylic acids is 5. The first kappa shape index (κ1) is 30.1. The van der Waals surface area contributed by atoms with Crippen LogP contribution in [-0.2, 0) is 28.8 Å². The highest BCUT2D eigenvalue weighted by Gasteiger charge is 2.31. The first-order valence-electron chi connectivity index (χ1n) is 10.2. The molecule has 0 spiro atoms. The monoisotopic (exact) mass is 490 g/mol. The van der Waals surface area contributed by atoms with Crippen LogP contribution >= 0.6 is 11.8 Å². The van der Waals surface area contributed by atoms with Crippen LogP contribution < -0.4 is 33.2 Å². The maximum absolute atomic E-state index is 12.8. The maximum atomic E-state index is 12.8. The number of aliphatic carboxylic acids is 1. The lowest BCUT2D eigenvalue weighted by molar-refractivity contribution is -0.142. The van der Waals surface area contributed by atoms with E-state index in [1.807, 2.05) is 0 Å². The standard InChI is InChI=1S/C19H34N6O7S/c1-9(2)15(22)18(30)23-10(6-7-33-3)16(28)25-12(8-14(21)27)17(29)24-11(19(31)32)4-5-13(20)26/h9-12,15H,4-8,22H2,1-3H3,(H2,20,26)(H2,21,27)(H,23,30)(H,24,29)(H,25,28)(H,31,32). The third-order valence-corrected chi connectivity index (χ3v) is 5.24. The van der Waals surface area contributed by atoms with Gasteiger partial charge in [0.1, 0.15) is 18.1 Å². The molecule has 0 aromatic rings. The summed E-state index contributed by atoms with van der Waals surface area (Å²) in [6.07, 6.45) is 0.813. The Hall–Kier alpha value is -2.87. The average molecular weight is 491 g/mol. The van der Waals surface area contributed by atoms with Gasteiger partial charge in [0, 0.05) is 6.42 Å². The predicted octanol–water partition coefficient (Wildman–Crippen LogP) is -2.60. The molecule has 4 unspecified atom stereocenters. The van der Waals surface area contributed by atoms with Crippen molar-refractivity contribution in [3.63, 3.8) is 0 Å². The van der Waals surface area contributed by atoms with Crippen LogP contribution in [-0.4, -0.2) is 76.8 Å². The van der Waals surface area contributed by atoms with Crippen LogP contribution in [0.25, 0.3) is 0 Å². The van der Waals surface area contributed by atoms with Crippen LogP contribution in [0.5, 0.6) is 0 Å². The highest BCUT2D eigenvalue weighted by Crippen LogP contribution is 2.06. The molecule has 188 valence electrons. The minimum absolute atomic E-state index is 0.184. The third kappa shape index (κ3) is 12.1. The van der Waals surface area contributed by atoms with Gasteiger partial charge in [-0.3, -0.25) is 24.0 Å². The zero-order valence-electron chi connectivity index (χ0n) is 19.0. The first-order valence-corrected chi connectivity index (χ1v) is 11.6. The van der Waals surface area contributed by atoms with Gasteiger partial charge in [-0.25, -0.2) is 4.79 Å². The van der Waals surface area contributed by atoms with E-state index in [1.165, 1.54) is 11.8 Å². The summed E-state index contributed by atoms with van der Waals surface area (Å²) in [5, 5.41) is 16.3. The van der Waals surface area contributed by atoms with Gasteiger partial charge >= 0.3 is 5.97 Å². The molecule has 13 nitrogen and oxygen atoms in total. The predicted molar refractivity (Wildman–Crippen MR) is 121 cm³/mol. The maximum Gasteiger partial charge on any atom is 0.326 e. The average Bonchev–Trinajstić information content (AvgIpc) is 2.71. The van der Waals surface area contributed by atoms with Crippen LogP contribution in [0.3, 0.4) is 0 Å². The lowest BCUT2D eigenvalue weighted by atomic mass is 10.0. The van der Waals surface area contributed by atoms with Crippen LogP contribution in [0, 0.1) is 5.92 Å². The summed E-state index contributed by atoms with van der Waals surface area (Å²) in [4.78, 5) is 71.5. The van der Waals surface area contributed by atoms with Crippen molar-refractivity contribution in [2.45, 2.75) is 63.7 Å². The summed E-state index contributed by atoms with van der Waals surface area (Å²) < 4.78 is 0. The molecule has 0 rings (SSSR count). The first-order chi connectivity index (χ1) is 15.3. The van der Waals surface area contributed by atoms with Gasteiger partial charge < -0.3 is 38.3 Å². The number of carboxylic acids is 1. The Morgan fingerprint density at radius 3 is 1.79 bits per heavy atom. The Bertz CT molecular complexity index is 733. The zero-order chi connectivity index (χ0) is 25.7. The van der Waals surface area contributed by atoms with Gasteiger partial charge in [0.15, 0.2) is 0 Å². The number of thioether (sulfide) groups is 1. The molecule has 0 saturated carbocycles. The molecule has 0 radical (unpaired) electrons. The molecule has 0 aliphatic heterocycles. The van der Waals surface area contributed by atoms with E-state index >= 15 is 0 Å². The smallest absolute Gasteiger partial charge is 0.326 e. The normalized spacial score (nSPS) is 14.5. The second-order valence-corrected chi connectivity index (χ2v) is 8.73. The molecule has 0 fully saturated rings. The Kier molecular flexibility index (Phi) is 13.7. The minimum Gasteiger partial charge on any atom is -0.480 e. The molecule has 0 aromatic carbocycles. The van der Waals surface area contributed by atoms with Crippen molar-refractivity contribution in [3.8, 4) is 0 Å². The summed E-state index contributed by atoms with van der Waals surface area (Å²) in [7, 11) is 0. The summed E-state index contributed by atoms with van der Waals surface area (Å²) in [5.74, 6) is -5.12. The number of carbonyl (C=O) groups is 6. The van der Waals surface area contributed by atoms with Crippen molar-refractivity contribution in [2.24, 2.45) is 23.1 Å². The highest BCUT2D eigenvalue weighted by atomic mass is 32.2. The number of hydrogen-bond acceptors (Lipinski definition) is 8. The molecule has 5 amide bonds. The molecule has 0 heterocycles. The largest absolute Gasteiger partial charge is 0.480 e. The van der Waals surface area contributed by atoms with Crippen LogP contribution in [0.4, 0.5) is 0 Å². The number of amides is 5. The second kappa shape index (κ2) is 15.1. The molecule has 0 bridgehead atoms. The zero-order valence-corrected chi connectivity index (χ0v) is 19.8. The lowest BCUT2D eigenvalue weighted by Crippen LogP contribution is -2.58. The van der Waals surface area contributed by atoms with Crippen molar-refractivity contribution in [3.05, 3.63) is 0 Å². The van der Waals surface area contributed by atoms with E-state index in [4.69, 9.17) is 17.2 Å². The van der Waals surface area contributed by atoms with Gasteiger partial charge in [-0.05, 0) is 30.8 Å². The van der Waals surface area contributed by atoms with E-state index in [-0.39, 0.29) is 25.2 Å². The number of carboxylic acid groups (broad SMARTS) is 1. The Labute approximate surface area is 196 Å². The topological polar surface area (TPSA) is 237 Å². The van der Waals surface area contributed by atoms with Crippen molar-refractivity contribution >= 4 is 47.3 Å². The van der Waals surface area contributed by atoms with Crippen molar-refractivity contribution in [1.29, 1.82) is 0 Å². The fourth-order valence-electron chi connectivity index (χ4n) is 2.57. The number of rotatable bonds is 16. The van der Waals surface area contributed by atoms with Crippen LogP contribution in [0.15, 0.2) is 0 Å². The molecule has 0 aromatic heterocycles. The molecule has 0 saturated heterocycles. The minimum atomic E-state index is -1.50. The van der Waals surface area contributed by atoms with Crippen LogP contribution in [0.1, 0.15) is 39.5 Å². The lowest BCUT2D eigenvalue weighted by Gasteiger charge is -2.25. The highest BCUT2D eigenvalue weighted by molar-refractivity contribution is 7.98. The molecule has 4 atom stereocenters. The van der Waals surface area contributed by atoms with E-state index in [0.717, 1.165) is 0 Å². The molecule has 33 heavy (non-hydrogen) atoms. The number of nitrogens with two attached hydrogens (primary N) is 3. The Morgan fingerprint density at radius 2 is 1.33 bits per heavy atom. The number of nitrogens with one attached hydrogen (secondary N) is 3. The van der Waals surface area contributed by atoms with Gasteiger partial charge in [0.05, 0.1) is 12.5 Å². The van der Waals surface area contributed by atoms with Gasteiger partial charge in [-0.15, -0.1) is 0 Å². The second-order valence-electron chi connectivity index (χ2n) is 7.75. The van der Waals surface area contributed by atoms with E-state index in [9.17, 15) is 33.9 Å². The van der Waals surface area contributed by atoms with Gasteiger partial charge in [0.25, 0.3) is 0 Å². The fraction of sp³-hybridized carbons (Fsp3) is 0.684. The molecule has 0 aliphatic carbocycles. The molecule has 0 aliphatic rings. The Morgan fingerprint density at radius 1 is 0.818 bits per heavy atom. The Balaban J connectivity index is 5.49. The third-order valence-electron chi connectivity index (χ3n) is 4.60. The molecule has 14 heteroatoms. The summed E-state index contributed by atoms with van der Waals surface area (Å²) in [6.45, 7) is 3.48. The van der Waals surface area contributed by atoms with Gasteiger partial charge in [-0.1, -0.05) is 13.8 Å². The molecular formula is C19H34N6O7S. The summed E-state index contributed by atoms with van der Waals surface area (Å²) in [5.41, 5.74) is 16.0. The van der Waals surface area contributed by atoms with E-state index in [2.05, 4.69) is 16.0 Å². The van der Waals surface area contributed by atoms with Gasteiger partial charge in [-0.2, -0.15) is 11.8 Å². The van der Waals surface area contributed by atoms with Crippen LogP contribution in [0.2, 0.25) is 0 Å². The van der Waals surface area contributed by atoms with E-state index < -0.39 is 66.1 Å². The van der Waals surface area contributed by atoms with Gasteiger partial charge in [0.2, 0.25) is 29.5 Å². The summed E-state index contributed by atoms with van der Waals surface area (Å²) in [6, 6.07) is -4.89.